The molecule has 2 nitrogen and oxygen atoms in total. The molecule has 1 aromatic carbocycles. The molecule has 2 heterocycles. The average molecular weight is 331 g/mol. The van der Waals surface area contributed by atoms with E-state index in [1.807, 2.05) is 11.8 Å². The summed E-state index contributed by atoms with van der Waals surface area (Å²) in [5.41, 5.74) is 0.362. The van der Waals surface area contributed by atoms with E-state index in [-0.39, 0.29) is 23.8 Å². The van der Waals surface area contributed by atoms with E-state index in [0.717, 1.165) is 30.8 Å². The van der Waals surface area contributed by atoms with Crippen molar-refractivity contribution in [1.82, 2.24) is 0 Å². The number of rotatable bonds is 3. The molecule has 1 N–H and O–H groups in total. The number of hydrogen-bond donors (Lipinski definition) is 1. The molecule has 0 aliphatic carbocycles. The zero-order chi connectivity index (χ0) is 14.9. The van der Waals surface area contributed by atoms with Crippen molar-refractivity contribution in [2.45, 2.75) is 37.4 Å². The van der Waals surface area contributed by atoms with Gasteiger partial charge in [-0.15, -0.1) is 0 Å². The summed E-state index contributed by atoms with van der Waals surface area (Å²) in [5.74, 6) is 1.96. The van der Waals surface area contributed by atoms with Crippen LogP contribution in [0.1, 0.15) is 24.8 Å². The predicted molar refractivity (Wildman–Crippen MR) is 84.5 cm³/mol. The van der Waals surface area contributed by atoms with Crippen LogP contribution in [-0.4, -0.2) is 34.9 Å². The van der Waals surface area contributed by atoms with Gasteiger partial charge in [-0.1, -0.05) is 17.7 Å². The normalized spacial score (nSPS) is 30.7. The molecule has 0 saturated carbocycles. The van der Waals surface area contributed by atoms with Crippen molar-refractivity contribution in [2.24, 2.45) is 5.92 Å². The van der Waals surface area contributed by atoms with Gasteiger partial charge in [-0.25, -0.2) is 4.39 Å². The highest BCUT2D eigenvalue weighted by molar-refractivity contribution is 7.99. The summed E-state index contributed by atoms with van der Waals surface area (Å²) in [6.45, 7) is 0.688. The van der Waals surface area contributed by atoms with E-state index in [1.165, 1.54) is 6.07 Å². The fraction of sp³-hybridized carbons (Fsp3) is 0.625. The van der Waals surface area contributed by atoms with Gasteiger partial charge in [-0.05, 0) is 43.1 Å². The molecule has 0 radical (unpaired) electrons. The third-order valence-corrected chi connectivity index (χ3v) is 6.19. The largest absolute Gasteiger partial charge is 0.392 e. The van der Waals surface area contributed by atoms with E-state index < -0.39 is 6.10 Å². The minimum absolute atomic E-state index is 0.0619. The Balaban J connectivity index is 1.69. The van der Waals surface area contributed by atoms with Crippen molar-refractivity contribution in [3.63, 3.8) is 0 Å². The number of aliphatic hydroxyl groups excluding tert-OH is 1. The Hall–Kier alpha value is -0.290. The lowest BCUT2D eigenvalue weighted by molar-refractivity contribution is -0.101. The van der Waals surface area contributed by atoms with Crippen LogP contribution in [-0.2, 0) is 11.2 Å². The summed E-state index contributed by atoms with van der Waals surface area (Å²) in [6.07, 6.45) is 2.47. The SMILES string of the molecule is OC(Cc1c(F)cccc1Cl)C1CCOC2(CCSC2)C1. The van der Waals surface area contributed by atoms with Crippen LogP contribution in [0.5, 0.6) is 0 Å². The van der Waals surface area contributed by atoms with Crippen LogP contribution < -0.4 is 0 Å². The fourth-order valence-electron chi connectivity index (χ4n) is 3.36. The Kier molecular flexibility index (Phi) is 4.79. The van der Waals surface area contributed by atoms with Gasteiger partial charge in [-0.3, -0.25) is 0 Å². The van der Waals surface area contributed by atoms with Crippen molar-refractivity contribution in [3.8, 4) is 0 Å². The highest BCUT2D eigenvalue weighted by atomic mass is 35.5. The van der Waals surface area contributed by atoms with Gasteiger partial charge in [0.2, 0.25) is 0 Å². The Labute approximate surface area is 134 Å². The Morgan fingerprint density at radius 1 is 1.52 bits per heavy atom. The summed E-state index contributed by atoms with van der Waals surface area (Å²) >= 11 is 7.97. The summed E-state index contributed by atoms with van der Waals surface area (Å²) in [6, 6.07) is 4.66. The maximum atomic E-state index is 13.8. The molecule has 3 unspecified atom stereocenters. The van der Waals surface area contributed by atoms with E-state index in [2.05, 4.69) is 0 Å². The van der Waals surface area contributed by atoms with Crippen molar-refractivity contribution in [3.05, 3.63) is 34.6 Å². The standard InChI is InChI=1S/C16H20ClFO2S/c17-13-2-1-3-14(18)12(13)8-15(19)11-4-6-20-16(9-11)5-7-21-10-16/h1-3,11,15,19H,4-10H2. The number of thioether (sulfide) groups is 1. The Bertz CT molecular complexity index is 485. The maximum Gasteiger partial charge on any atom is 0.127 e. The second kappa shape index (κ2) is 6.45. The molecule has 1 aromatic rings. The number of halogens is 2. The van der Waals surface area contributed by atoms with E-state index >= 15 is 0 Å². The van der Waals surface area contributed by atoms with Crippen molar-refractivity contribution >= 4 is 23.4 Å². The van der Waals surface area contributed by atoms with Gasteiger partial charge < -0.3 is 9.84 Å². The zero-order valence-electron chi connectivity index (χ0n) is 11.9. The molecule has 1 spiro atoms. The number of hydrogen-bond acceptors (Lipinski definition) is 3. The molecule has 2 aliphatic heterocycles. The van der Waals surface area contributed by atoms with Crippen LogP contribution in [0.25, 0.3) is 0 Å². The van der Waals surface area contributed by atoms with Gasteiger partial charge in [0.25, 0.3) is 0 Å². The van der Waals surface area contributed by atoms with Gasteiger partial charge in [0, 0.05) is 29.4 Å². The monoisotopic (exact) mass is 330 g/mol. The Morgan fingerprint density at radius 3 is 3.10 bits per heavy atom. The highest BCUT2D eigenvalue weighted by Crippen LogP contribution is 2.41. The van der Waals surface area contributed by atoms with E-state index in [0.29, 0.717) is 17.2 Å². The zero-order valence-corrected chi connectivity index (χ0v) is 13.4. The molecule has 3 rings (SSSR count). The van der Waals surface area contributed by atoms with Gasteiger partial charge in [0.05, 0.1) is 11.7 Å². The molecular formula is C16H20ClFO2S. The van der Waals surface area contributed by atoms with Gasteiger partial charge in [0.1, 0.15) is 5.82 Å². The lowest BCUT2D eigenvalue weighted by atomic mass is 9.80. The predicted octanol–water partition coefficient (Wildman–Crippen LogP) is 3.68. The summed E-state index contributed by atoms with van der Waals surface area (Å²) in [7, 11) is 0. The van der Waals surface area contributed by atoms with Crippen LogP contribution >= 0.6 is 23.4 Å². The van der Waals surface area contributed by atoms with Crippen LogP contribution in [0, 0.1) is 11.7 Å². The van der Waals surface area contributed by atoms with Crippen LogP contribution in [0.2, 0.25) is 5.02 Å². The minimum atomic E-state index is -0.564. The number of aliphatic hydroxyl groups is 1. The number of benzene rings is 1. The topological polar surface area (TPSA) is 29.5 Å². The van der Waals surface area contributed by atoms with Crippen LogP contribution in [0.4, 0.5) is 4.39 Å². The first-order chi connectivity index (χ1) is 10.1. The van der Waals surface area contributed by atoms with Crippen LogP contribution in [0.3, 0.4) is 0 Å². The molecule has 5 heteroatoms. The first-order valence-electron chi connectivity index (χ1n) is 7.42. The average Bonchev–Trinajstić information content (AvgIpc) is 2.91. The smallest absolute Gasteiger partial charge is 0.127 e. The molecule has 116 valence electrons. The van der Waals surface area contributed by atoms with Crippen LogP contribution in [0.15, 0.2) is 18.2 Å². The van der Waals surface area contributed by atoms with E-state index in [9.17, 15) is 9.50 Å². The molecule has 0 aromatic heterocycles. The molecule has 3 atom stereocenters. The maximum absolute atomic E-state index is 13.8. The molecule has 0 amide bonds. The Morgan fingerprint density at radius 2 is 2.38 bits per heavy atom. The third kappa shape index (κ3) is 3.39. The summed E-state index contributed by atoms with van der Waals surface area (Å²) in [5, 5.41) is 10.9. The minimum Gasteiger partial charge on any atom is -0.392 e. The fourth-order valence-corrected chi connectivity index (χ4v) is 4.98. The van der Waals surface area contributed by atoms with Gasteiger partial charge in [-0.2, -0.15) is 11.8 Å². The first kappa shape index (κ1) is 15.6. The summed E-state index contributed by atoms with van der Waals surface area (Å²) in [4.78, 5) is 0. The van der Waals surface area contributed by atoms with Crippen molar-refractivity contribution < 1.29 is 14.2 Å². The number of ether oxygens (including phenoxy) is 1. The summed E-state index contributed by atoms with van der Waals surface area (Å²) < 4.78 is 19.8. The van der Waals surface area contributed by atoms with Gasteiger partial charge >= 0.3 is 0 Å². The first-order valence-corrected chi connectivity index (χ1v) is 8.96. The van der Waals surface area contributed by atoms with E-state index in [4.69, 9.17) is 16.3 Å². The van der Waals surface area contributed by atoms with Crippen molar-refractivity contribution in [1.29, 1.82) is 0 Å². The lowest BCUT2D eigenvalue weighted by Crippen LogP contribution is -2.43. The van der Waals surface area contributed by atoms with E-state index in [1.54, 1.807) is 12.1 Å². The molecule has 2 aliphatic rings. The van der Waals surface area contributed by atoms with Crippen molar-refractivity contribution in [2.75, 3.05) is 18.1 Å². The highest BCUT2D eigenvalue weighted by Gasteiger charge is 2.42. The molecular weight excluding hydrogens is 311 g/mol. The molecule has 21 heavy (non-hydrogen) atoms. The molecule has 0 bridgehead atoms. The quantitative estimate of drug-likeness (QED) is 0.916. The van der Waals surface area contributed by atoms with Gasteiger partial charge in [0.15, 0.2) is 0 Å². The molecule has 2 fully saturated rings. The second-order valence-electron chi connectivity index (χ2n) is 6.06. The third-order valence-electron chi connectivity index (χ3n) is 4.62. The second-order valence-corrected chi connectivity index (χ2v) is 7.57. The lowest BCUT2D eigenvalue weighted by Gasteiger charge is -2.39. The molecule has 2 saturated heterocycles.